The van der Waals surface area contributed by atoms with E-state index in [-0.39, 0.29) is 0 Å². The molecule has 1 saturated carbocycles. The minimum absolute atomic E-state index is 0.954. The molecule has 0 spiro atoms. The molecule has 2 rings (SSSR count). The second-order valence-electron chi connectivity index (χ2n) is 4.43. The summed E-state index contributed by atoms with van der Waals surface area (Å²) in [4.78, 5) is 4.25. The average molecular weight is 204 g/mol. The van der Waals surface area contributed by atoms with Crippen LogP contribution >= 0.6 is 0 Å². The molecule has 1 N–H and O–H groups in total. The number of nitrogens with zero attached hydrogens (tertiary/aromatic N) is 1. The monoisotopic (exact) mass is 204 g/mol. The first kappa shape index (κ1) is 10.5. The summed E-state index contributed by atoms with van der Waals surface area (Å²) >= 11 is 0. The summed E-state index contributed by atoms with van der Waals surface area (Å²) in [6, 6.07) is 6.00. The van der Waals surface area contributed by atoms with Crippen LogP contribution in [0.2, 0.25) is 0 Å². The lowest BCUT2D eigenvalue weighted by atomic mass is 9.87. The van der Waals surface area contributed by atoms with Crippen LogP contribution in [0.1, 0.15) is 38.5 Å². The number of rotatable bonds is 4. The molecular formula is C13H20N2. The number of pyridine rings is 1. The minimum Gasteiger partial charge on any atom is -0.370 e. The summed E-state index contributed by atoms with van der Waals surface area (Å²) in [5, 5.41) is 3.38. The summed E-state index contributed by atoms with van der Waals surface area (Å²) in [6.45, 7) is 1.07. The predicted octanol–water partition coefficient (Wildman–Crippen LogP) is 3.46. The minimum atomic E-state index is 0.954. The Kier molecular flexibility index (Phi) is 4.01. The molecular weight excluding hydrogens is 184 g/mol. The Hall–Kier alpha value is -1.05. The molecule has 2 heteroatoms. The number of nitrogens with one attached hydrogen (secondary N) is 1. The first-order valence-corrected chi connectivity index (χ1v) is 6.10. The molecule has 1 aliphatic carbocycles. The summed E-state index contributed by atoms with van der Waals surface area (Å²) in [5.74, 6) is 1.96. The van der Waals surface area contributed by atoms with E-state index in [1.54, 1.807) is 0 Å². The van der Waals surface area contributed by atoms with Gasteiger partial charge in [-0.2, -0.15) is 0 Å². The van der Waals surface area contributed by atoms with Crippen molar-refractivity contribution in [1.29, 1.82) is 0 Å². The third-order valence-electron chi connectivity index (χ3n) is 3.25. The van der Waals surface area contributed by atoms with E-state index in [0.29, 0.717) is 0 Å². The van der Waals surface area contributed by atoms with Gasteiger partial charge in [-0.25, -0.2) is 4.98 Å². The lowest BCUT2D eigenvalue weighted by Gasteiger charge is -2.21. The lowest BCUT2D eigenvalue weighted by molar-refractivity contribution is 0.345. The molecule has 0 radical (unpaired) electrons. The molecule has 0 aromatic carbocycles. The fourth-order valence-electron chi connectivity index (χ4n) is 2.35. The molecule has 0 aliphatic heterocycles. The van der Waals surface area contributed by atoms with Crippen LogP contribution in [0.3, 0.4) is 0 Å². The average Bonchev–Trinajstić information content (AvgIpc) is 2.32. The highest BCUT2D eigenvalue weighted by Gasteiger charge is 2.12. The topological polar surface area (TPSA) is 24.9 Å². The molecule has 0 amide bonds. The van der Waals surface area contributed by atoms with E-state index in [1.165, 1.54) is 38.5 Å². The number of hydrogen-bond acceptors (Lipinski definition) is 2. The molecule has 0 atom stereocenters. The number of anilines is 1. The molecule has 15 heavy (non-hydrogen) atoms. The van der Waals surface area contributed by atoms with Crippen LogP contribution < -0.4 is 5.32 Å². The van der Waals surface area contributed by atoms with Gasteiger partial charge in [0.1, 0.15) is 5.82 Å². The van der Waals surface area contributed by atoms with Crippen LogP contribution in [0.15, 0.2) is 24.4 Å². The highest BCUT2D eigenvalue weighted by molar-refractivity contribution is 5.32. The maximum absolute atomic E-state index is 4.25. The molecule has 1 heterocycles. The van der Waals surface area contributed by atoms with Gasteiger partial charge in [0.2, 0.25) is 0 Å². The number of hydrogen-bond donors (Lipinski definition) is 1. The van der Waals surface area contributed by atoms with Gasteiger partial charge in [-0.15, -0.1) is 0 Å². The van der Waals surface area contributed by atoms with Crippen LogP contribution in [0.5, 0.6) is 0 Å². The molecule has 82 valence electrons. The maximum Gasteiger partial charge on any atom is 0.125 e. The van der Waals surface area contributed by atoms with Crippen molar-refractivity contribution in [2.24, 2.45) is 5.92 Å². The van der Waals surface area contributed by atoms with E-state index in [2.05, 4.69) is 10.3 Å². The third-order valence-corrected chi connectivity index (χ3v) is 3.25. The van der Waals surface area contributed by atoms with Gasteiger partial charge < -0.3 is 5.32 Å². The van der Waals surface area contributed by atoms with Crippen molar-refractivity contribution in [2.75, 3.05) is 11.9 Å². The van der Waals surface area contributed by atoms with Crippen molar-refractivity contribution >= 4 is 5.82 Å². The summed E-state index contributed by atoms with van der Waals surface area (Å²) < 4.78 is 0. The van der Waals surface area contributed by atoms with E-state index >= 15 is 0 Å². The van der Waals surface area contributed by atoms with Crippen LogP contribution in [0.4, 0.5) is 5.82 Å². The smallest absolute Gasteiger partial charge is 0.125 e. The van der Waals surface area contributed by atoms with Crippen LogP contribution in [0.25, 0.3) is 0 Å². The Balaban J connectivity index is 1.66. The second-order valence-corrected chi connectivity index (χ2v) is 4.43. The molecule has 1 aromatic heterocycles. The molecule has 0 saturated heterocycles. The first-order chi connectivity index (χ1) is 7.45. The van der Waals surface area contributed by atoms with Crippen molar-refractivity contribution in [3.05, 3.63) is 24.4 Å². The Morgan fingerprint density at radius 2 is 2.07 bits per heavy atom. The van der Waals surface area contributed by atoms with Crippen molar-refractivity contribution in [2.45, 2.75) is 38.5 Å². The summed E-state index contributed by atoms with van der Waals surface area (Å²) in [6.07, 6.45) is 10.3. The Bertz CT molecular complexity index is 265. The normalized spacial score (nSPS) is 17.6. The van der Waals surface area contributed by atoms with Gasteiger partial charge in [0.25, 0.3) is 0 Å². The Labute approximate surface area is 92.1 Å². The van der Waals surface area contributed by atoms with Gasteiger partial charge >= 0.3 is 0 Å². The second kappa shape index (κ2) is 5.74. The zero-order valence-electron chi connectivity index (χ0n) is 9.28. The van der Waals surface area contributed by atoms with Crippen molar-refractivity contribution in [3.63, 3.8) is 0 Å². The molecule has 1 aromatic rings. The Morgan fingerprint density at radius 1 is 1.20 bits per heavy atom. The summed E-state index contributed by atoms with van der Waals surface area (Å²) in [7, 11) is 0. The molecule has 0 unspecified atom stereocenters. The fourth-order valence-corrected chi connectivity index (χ4v) is 2.35. The fraction of sp³-hybridized carbons (Fsp3) is 0.615. The SMILES string of the molecule is c1ccc(NCCC2CCCCC2)nc1. The summed E-state index contributed by atoms with van der Waals surface area (Å²) in [5.41, 5.74) is 0. The zero-order chi connectivity index (χ0) is 10.3. The molecule has 1 fully saturated rings. The van der Waals surface area contributed by atoms with E-state index in [4.69, 9.17) is 0 Å². The van der Waals surface area contributed by atoms with Crippen LogP contribution in [0, 0.1) is 5.92 Å². The third kappa shape index (κ3) is 3.54. The van der Waals surface area contributed by atoms with Gasteiger partial charge in [0.15, 0.2) is 0 Å². The standard InChI is InChI=1S/C13H20N2/c1-2-6-12(7-3-1)9-11-15-13-8-4-5-10-14-13/h4-5,8,10,12H,1-3,6-7,9,11H2,(H,14,15). The van der Waals surface area contributed by atoms with Gasteiger partial charge in [0, 0.05) is 12.7 Å². The van der Waals surface area contributed by atoms with Gasteiger partial charge in [0.05, 0.1) is 0 Å². The van der Waals surface area contributed by atoms with E-state index in [9.17, 15) is 0 Å². The lowest BCUT2D eigenvalue weighted by Crippen LogP contribution is -2.12. The quantitative estimate of drug-likeness (QED) is 0.812. The highest BCUT2D eigenvalue weighted by atomic mass is 15.0. The molecule has 2 nitrogen and oxygen atoms in total. The largest absolute Gasteiger partial charge is 0.370 e. The maximum atomic E-state index is 4.25. The van der Waals surface area contributed by atoms with Gasteiger partial charge in [-0.1, -0.05) is 38.2 Å². The van der Waals surface area contributed by atoms with Gasteiger partial charge in [-0.05, 0) is 24.5 Å². The van der Waals surface area contributed by atoms with Crippen LogP contribution in [-0.4, -0.2) is 11.5 Å². The van der Waals surface area contributed by atoms with Crippen molar-refractivity contribution in [1.82, 2.24) is 4.98 Å². The van der Waals surface area contributed by atoms with E-state index < -0.39 is 0 Å². The van der Waals surface area contributed by atoms with Crippen molar-refractivity contribution in [3.8, 4) is 0 Å². The molecule has 0 bridgehead atoms. The predicted molar refractivity (Wildman–Crippen MR) is 63.9 cm³/mol. The van der Waals surface area contributed by atoms with Gasteiger partial charge in [-0.3, -0.25) is 0 Å². The zero-order valence-corrected chi connectivity index (χ0v) is 9.28. The first-order valence-electron chi connectivity index (χ1n) is 6.10. The highest BCUT2D eigenvalue weighted by Crippen LogP contribution is 2.25. The number of aromatic nitrogens is 1. The van der Waals surface area contributed by atoms with Crippen LogP contribution in [-0.2, 0) is 0 Å². The van der Waals surface area contributed by atoms with Crippen molar-refractivity contribution < 1.29 is 0 Å². The Morgan fingerprint density at radius 3 is 2.80 bits per heavy atom. The van der Waals surface area contributed by atoms with E-state index in [1.807, 2.05) is 24.4 Å². The molecule has 1 aliphatic rings. The van der Waals surface area contributed by atoms with E-state index in [0.717, 1.165) is 18.3 Å².